The van der Waals surface area contributed by atoms with Gasteiger partial charge in [0.25, 0.3) is 0 Å². The number of hydrogen-bond donors (Lipinski definition) is 1. The minimum absolute atomic E-state index is 0.0978. The predicted octanol–water partition coefficient (Wildman–Crippen LogP) is 3.91. The Kier molecular flexibility index (Phi) is 4.13. The second kappa shape index (κ2) is 5.69. The van der Waals surface area contributed by atoms with Crippen molar-refractivity contribution in [1.29, 1.82) is 0 Å². The number of rotatable bonds is 3. The molecular weight excluding hydrogens is 293 g/mol. The number of halogens is 5. The minimum Gasteiger partial charge on any atom is -0.405 e. The van der Waals surface area contributed by atoms with Crippen LogP contribution in [0.4, 0.5) is 22.0 Å². The predicted molar refractivity (Wildman–Crippen MR) is 65.5 cm³/mol. The number of para-hydroxylation sites is 1. The molecule has 0 heterocycles. The van der Waals surface area contributed by atoms with E-state index in [2.05, 4.69) is 4.74 Å². The van der Waals surface area contributed by atoms with E-state index >= 15 is 0 Å². The Hall–Kier alpha value is -2.15. The Balaban J connectivity index is 2.44. The van der Waals surface area contributed by atoms with Gasteiger partial charge >= 0.3 is 6.36 Å². The first kappa shape index (κ1) is 15.2. The molecule has 1 unspecified atom stereocenters. The summed E-state index contributed by atoms with van der Waals surface area (Å²) in [7, 11) is 0. The lowest BCUT2D eigenvalue weighted by Gasteiger charge is -2.18. The SMILES string of the molecule is NC(c1cc(F)ccc1F)c1ccccc1OC(F)(F)F. The number of nitrogens with two attached hydrogens (primary N) is 1. The lowest BCUT2D eigenvalue weighted by molar-refractivity contribution is -0.274. The van der Waals surface area contributed by atoms with Crippen molar-refractivity contribution in [2.45, 2.75) is 12.4 Å². The molecule has 2 nitrogen and oxygen atoms in total. The molecule has 2 rings (SSSR count). The van der Waals surface area contributed by atoms with Gasteiger partial charge in [-0.25, -0.2) is 8.78 Å². The highest BCUT2D eigenvalue weighted by Crippen LogP contribution is 2.33. The average Bonchev–Trinajstić information content (AvgIpc) is 2.39. The Morgan fingerprint density at radius 1 is 0.952 bits per heavy atom. The molecular formula is C14H10F5NO. The van der Waals surface area contributed by atoms with Gasteiger partial charge < -0.3 is 10.5 Å². The van der Waals surface area contributed by atoms with Crippen molar-refractivity contribution in [3.05, 3.63) is 65.2 Å². The fraction of sp³-hybridized carbons (Fsp3) is 0.143. The minimum atomic E-state index is -4.91. The molecule has 0 fully saturated rings. The van der Waals surface area contributed by atoms with Gasteiger partial charge in [-0.2, -0.15) is 0 Å². The van der Waals surface area contributed by atoms with Crippen molar-refractivity contribution >= 4 is 0 Å². The summed E-state index contributed by atoms with van der Waals surface area (Å²) in [6, 6.07) is 6.36. The second-order valence-corrected chi connectivity index (χ2v) is 4.23. The summed E-state index contributed by atoms with van der Waals surface area (Å²) in [5.74, 6) is -2.11. The van der Waals surface area contributed by atoms with Crippen LogP contribution in [0.3, 0.4) is 0 Å². The van der Waals surface area contributed by atoms with Crippen LogP contribution < -0.4 is 10.5 Å². The van der Waals surface area contributed by atoms with Crippen molar-refractivity contribution in [3.63, 3.8) is 0 Å². The smallest absolute Gasteiger partial charge is 0.405 e. The van der Waals surface area contributed by atoms with E-state index in [9.17, 15) is 22.0 Å². The van der Waals surface area contributed by atoms with Crippen molar-refractivity contribution in [3.8, 4) is 5.75 Å². The molecule has 0 aliphatic heterocycles. The van der Waals surface area contributed by atoms with Gasteiger partial charge in [-0.3, -0.25) is 0 Å². The monoisotopic (exact) mass is 303 g/mol. The normalized spacial score (nSPS) is 13.0. The van der Waals surface area contributed by atoms with E-state index in [1.807, 2.05) is 0 Å². The van der Waals surface area contributed by atoms with Crippen molar-refractivity contribution in [2.24, 2.45) is 5.73 Å². The summed E-state index contributed by atoms with van der Waals surface area (Å²) >= 11 is 0. The molecule has 2 aromatic rings. The van der Waals surface area contributed by atoms with E-state index in [0.717, 1.165) is 24.3 Å². The molecule has 0 amide bonds. The number of alkyl halides is 3. The van der Waals surface area contributed by atoms with E-state index in [1.165, 1.54) is 18.2 Å². The first-order valence-electron chi connectivity index (χ1n) is 5.83. The van der Waals surface area contributed by atoms with E-state index in [0.29, 0.717) is 0 Å². The number of ether oxygens (including phenoxy) is 1. The molecule has 0 radical (unpaired) electrons. The maximum absolute atomic E-state index is 13.7. The molecule has 112 valence electrons. The molecule has 0 spiro atoms. The van der Waals surface area contributed by atoms with Gasteiger partial charge in [0.2, 0.25) is 0 Å². The van der Waals surface area contributed by atoms with Crippen LogP contribution in [-0.2, 0) is 0 Å². The Morgan fingerprint density at radius 2 is 1.62 bits per heavy atom. The van der Waals surface area contributed by atoms with Gasteiger partial charge in [-0.05, 0) is 24.3 Å². The zero-order valence-corrected chi connectivity index (χ0v) is 10.5. The summed E-state index contributed by atoms with van der Waals surface area (Å²) in [6.07, 6.45) is -4.91. The van der Waals surface area contributed by atoms with Crippen molar-refractivity contribution in [1.82, 2.24) is 0 Å². The summed E-state index contributed by atoms with van der Waals surface area (Å²) < 4.78 is 67.7. The quantitative estimate of drug-likeness (QED) is 0.873. The van der Waals surface area contributed by atoms with Crippen molar-refractivity contribution < 1.29 is 26.7 Å². The fourth-order valence-corrected chi connectivity index (χ4v) is 1.88. The Morgan fingerprint density at radius 3 is 2.29 bits per heavy atom. The third kappa shape index (κ3) is 3.69. The lowest BCUT2D eigenvalue weighted by atomic mass is 9.98. The highest BCUT2D eigenvalue weighted by atomic mass is 19.4. The molecule has 2 aromatic carbocycles. The first-order chi connectivity index (χ1) is 9.78. The van der Waals surface area contributed by atoms with Gasteiger partial charge in [0.15, 0.2) is 0 Å². The van der Waals surface area contributed by atoms with Gasteiger partial charge in [0, 0.05) is 11.1 Å². The van der Waals surface area contributed by atoms with Crippen LogP contribution in [0.2, 0.25) is 0 Å². The summed E-state index contributed by atoms with van der Waals surface area (Å²) in [5.41, 5.74) is 5.40. The highest BCUT2D eigenvalue weighted by Gasteiger charge is 2.33. The highest BCUT2D eigenvalue weighted by molar-refractivity contribution is 5.41. The van der Waals surface area contributed by atoms with Gasteiger partial charge in [-0.1, -0.05) is 18.2 Å². The van der Waals surface area contributed by atoms with Crippen LogP contribution in [0.15, 0.2) is 42.5 Å². The molecule has 0 saturated carbocycles. The Bertz CT molecular complexity index is 642. The van der Waals surface area contributed by atoms with Crippen LogP contribution in [0, 0.1) is 11.6 Å². The Labute approximate surface area is 116 Å². The maximum Gasteiger partial charge on any atom is 0.573 e. The zero-order valence-electron chi connectivity index (χ0n) is 10.5. The molecule has 0 aliphatic rings. The van der Waals surface area contributed by atoms with Crippen LogP contribution in [0.1, 0.15) is 17.2 Å². The van der Waals surface area contributed by atoms with Gasteiger partial charge in [-0.15, -0.1) is 13.2 Å². The molecule has 2 N–H and O–H groups in total. The van der Waals surface area contributed by atoms with E-state index in [-0.39, 0.29) is 11.1 Å². The van der Waals surface area contributed by atoms with Crippen LogP contribution >= 0.6 is 0 Å². The molecule has 0 aromatic heterocycles. The van der Waals surface area contributed by atoms with Crippen LogP contribution in [0.25, 0.3) is 0 Å². The van der Waals surface area contributed by atoms with Crippen LogP contribution in [0.5, 0.6) is 5.75 Å². The van der Waals surface area contributed by atoms with Gasteiger partial charge in [0.05, 0.1) is 6.04 Å². The van der Waals surface area contributed by atoms with Crippen molar-refractivity contribution in [2.75, 3.05) is 0 Å². The molecule has 0 saturated heterocycles. The maximum atomic E-state index is 13.7. The van der Waals surface area contributed by atoms with E-state index in [1.54, 1.807) is 0 Å². The first-order valence-corrected chi connectivity index (χ1v) is 5.83. The standard InChI is InChI=1S/C14H10F5NO/c15-8-5-6-11(16)10(7-8)13(20)9-3-1-2-4-12(9)21-14(17,18)19/h1-7,13H,20H2. The number of benzene rings is 2. The molecule has 0 bridgehead atoms. The zero-order chi connectivity index (χ0) is 15.6. The fourth-order valence-electron chi connectivity index (χ4n) is 1.88. The van der Waals surface area contributed by atoms with Gasteiger partial charge in [0.1, 0.15) is 17.4 Å². The average molecular weight is 303 g/mol. The van der Waals surface area contributed by atoms with E-state index < -0.39 is 29.8 Å². The summed E-state index contributed by atoms with van der Waals surface area (Å²) in [6.45, 7) is 0. The third-order valence-electron chi connectivity index (χ3n) is 2.77. The molecule has 21 heavy (non-hydrogen) atoms. The molecule has 0 aliphatic carbocycles. The molecule has 7 heteroatoms. The lowest BCUT2D eigenvalue weighted by Crippen LogP contribution is -2.21. The van der Waals surface area contributed by atoms with Crippen LogP contribution in [-0.4, -0.2) is 6.36 Å². The third-order valence-corrected chi connectivity index (χ3v) is 2.77. The number of hydrogen-bond acceptors (Lipinski definition) is 2. The second-order valence-electron chi connectivity index (χ2n) is 4.23. The summed E-state index contributed by atoms with van der Waals surface area (Å²) in [5, 5.41) is 0. The largest absolute Gasteiger partial charge is 0.573 e. The van der Waals surface area contributed by atoms with E-state index in [4.69, 9.17) is 5.73 Å². The topological polar surface area (TPSA) is 35.2 Å². The molecule has 1 atom stereocenters. The summed E-state index contributed by atoms with van der Waals surface area (Å²) in [4.78, 5) is 0.